The Bertz CT molecular complexity index is 1270. The lowest BCUT2D eigenvalue weighted by Gasteiger charge is -2.08. The maximum Gasteiger partial charge on any atom is 0.226 e. The molecule has 0 aliphatic carbocycles. The molecule has 4 aromatic rings. The number of benzene rings is 1. The summed E-state index contributed by atoms with van der Waals surface area (Å²) in [6, 6.07) is 9.91. The first-order valence-electron chi connectivity index (χ1n) is 9.24. The third-order valence-electron chi connectivity index (χ3n) is 4.74. The molecule has 0 spiro atoms. The van der Waals surface area contributed by atoms with Crippen LogP contribution in [0.15, 0.2) is 36.5 Å². The highest BCUT2D eigenvalue weighted by molar-refractivity contribution is 7.71. The summed E-state index contributed by atoms with van der Waals surface area (Å²) in [6.45, 7) is 4.37. The molecule has 0 aliphatic heterocycles. The van der Waals surface area contributed by atoms with Crippen LogP contribution in [0, 0.1) is 18.6 Å². The summed E-state index contributed by atoms with van der Waals surface area (Å²) < 4.78 is 4.06. The fraction of sp³-hybridized carbons (Fsp3) is 0.250. The molecule has 3 heterocycles. The van der Waals surface area contributed by atoms with Crippen LogP contribution >= 0.6 is 12.2 Å². The quantitative estimate of drug-likeness (QED) is 0.494. The lowest BCUT2D eigenvalue weighted by molar-refractivity contribution is -0.116. The number of nitrogens with one attached hydrogen (secondary N) is 2. The van der Waals surface area contributed by atoms with Crippen LogP contribution in [0.2, 0.25) is 0 Å². The van der Waals surface area contributed by atoms with Gasteiger partial charge in [-0.2, -0.15) is 10.2 Å². The molecule has 9 heteroatoms. The number of carbonyl (C=O) groups is 1. The summed E-state index contributed by atoms with van der Waals surface area (Å²) in [5.41, 5.74) is 4.40. The number of aromatic nitrogens is 6. The zero-order chi connectivity index (χ0) is 20.5. The Morgan fingerprint density at radius 2 is 2.10 bits per heavy atom. The van der Waals surface area contributed by atoms with Gasteiger partial charge in [0.05, 0.1) is 17.6 Å². The SMILES string of the molecule is Cc1cccc(-c2n[nH]c(=S)n2CCC(=O)Nc2cnc3c(c2)c(C)nn3C)c1. The van der Waals surface area contributed by atoms with E-state index in [2.05, 4.69) is 25.6 Å². The molecule has 29 heavy (non-hydrogen) atoms. The maximum atomic E-state index is 12.5. The molecule has 4 rings (SSSR count). The van der Waals surface area contributed by atoms with Crippen LogP contribution in [0.3, 0.4) is 0 Å². The first-order chi connectivity index (χ1) is 13.9. The van der Waals surface area contributed by atoms with Gasteiger partial charge in [-0.15, -0.1) is 0 Å². The Hall–Kier alpha value is -3.33. The lowest BCUT2D eigenvalue weighted by Crippen LogP contribution is -2.15. The highest BCUT2D eigenvalue weighted by Crippen LogP contribution is 2.21. The number of carbonyl (C=O) groups excluding carboxylic acids is 1. The number of anilines is 1. The van der Waals surface area contributed by atoms with Crippen molar-refractivity contribution in [2.24, 2.45) is 7.05 Å². The second-order valence-corrected chi connectivity index (χ2v) is 7.36. The van der Waals surface area contributed by atoms with Crippen molar-refractivity contribution in [1.82, 2.24) is 29.5 Å². The third kappa shape index (κ3) is 3.81. The molecular weight excluding hydrogens is 386 g/mol. The number of aromatic amines is 1. The van der Waals surface area contributed by atoms with E-state index in [1.807, 2.05) is 55.8 Å². The summed E-state index contributed by atoms with van der Waals surface area (Å²) in [4.78, 5) is 16.9. The van der Waals surface area contributed by atoms with Crippen LogP contribution < -0.4 is 5.32 Å². The predicted octanol–water partition coefficient (Wildman–Crippen LogP) is 3.54. The third-order valence-corrected chi connectivity index (χ3v) is 5.06. The number of pyridine rings is 1. The van der Waals surface area contributed by atoms with E-state index in [0.717, 1.165) is 33.7 Å². The van der Waals surface area contributed by atoms with Gasteiger partial charge in [0.15, 0.2) is 16.2 Å². The van der Waals surface area contributed by atoms with Gasteiger partial charge in [-0.25, -0.2) is 4.98 Å². The Morgan fingerprint density at radius 1 is 1.28 bits per heavy atom. The second-order valence-electron chi connectivity index (χ2n) is 6.98. The van der Waals surface area contributed by atoms with Gasteiger partial charge in [-0.1, -0.05) is 23.8 Å². The Labute approximate surface area is 172 Å². The van der Waals surface area contributed by atoms with Crippen LogP contribution in [-0.4, -0.2) is 35.4 Å². The van der Waals surface area contributed by atoms with E-state index in [4.69, 9.17) is 12.2 Å². The normalized spacial score (nSPS) is 11.1. The minimum atomic E-state index is -0.119. The van der Waals surface area contributed by atoms with Crippen molar-refractivity contribution in [3.8, 4) is 11.4 Å². The summed E-state index contributed by atoms with van der Waals surface area (Å²) in [7, 11) is 1.85. The van der Waals surface area contributed by atoms with E-state index in [0.29, 0.717) is 17.0 Å². The summed E-state index contributed by atoms with van der Waals surface area (Å²) in [5, 5.41) is 15.3. The number of H-pyrrole nitrogens is 1. The minimum absolute atomic E-state index is 0.119. The number of aryl methyl sites for hydroxylation is 3. The van der Waals surface area contributed by atoms with Gasteiger partial charge in [0.25, 0.3) is 0 Å². The average molecular weight is 408 g/mol. The molecule has 0 radical (unpaired) electrons. The Morgan fingerprint density at radius 3 is 2.90 bits per heavy atom. The first-order valence-corrected chi connectivity index (χ1v) is 9.64. The van der Waals surface area contributed by atoms with Crippen LogP contribution in [0.25, 0.3) is 22.4 Å². The van der Waals surface area contributed by atoms with E-state index in [9.17, 15) is 4.79 Å². The van der Waals surface area contributed by atoms with Crippen LogP contribution in [0.5, 0.6) is 0 Å². The molecule has 1 aromatic carbocycles. The van der Waals surface area contributed by atoms with Crippen molar-refractivity contribution in [1.29, 1.82) is 0 Å². The van der Waals surface area contributed by atoms with Crippen molar-refractivity contribution in [2.45, 2.75) is 26.8 Å². The summed E-state index contributed by atoms with van der Waals surface area (Å²) in [5.74, 6) is 0.603. The van der Waals surface area contributed by atoms with Crippen LogP contribution in [-0.2, 0) is 18.4 Å². The van der Waals surface area contributed by atoms with Crippen molar-refractivity contribution in [2.75, 3.05) is 5.32 Å². The second kappa shape index (κ2) is 7.59. The molecular formula is C20H21N7OS. The summed E-state index contributed by atoms with van der Waals surface area (Å²) >= 11 is 5.35. The first kappa shape index (κ1) is 19.0. The van der Waals surface area contributed by atoms with Gasteiger partial charge in [0, 0.05) is 31.0 Å². The Balaban J connectivity index is 1.49. The monoisotopic (exact) mass is 407 g/mol. The molecule has 0 saturated carbocycles. The molecule has 0 bridgehead atoms. The zero-order valence-corrected chi connectivity index (χ0v) is 17.2. The van der Waals surface area contributed by atoms with E-state index < -0.39 is 0 Å². The van der Waals surface area contributed by atoms with Crippen molar-refractivity contribution in [3.63, 3.8) is 0 Å². The predicted molar refractivity (Wildman–Crippen MR) is 114 cm³/mol. The molecule has 0 atom stereocenters. The van der Waals surface area contributed by atoms with Gasteiger partial charge >= 0.3 is 0 Å². The summed E-state index contributed by atoms with van der Waals surface area (Å²) in [6.07, 6.45) is 1.90. The Kier molecular flexibility index (Phi) is 4.98. The van der Waals surface area contributed by atoms with Gasteiger partial charge in [0.1, 0.15) is 0 Å². The molecule has 0 fully saturated rings. The van der Waals surface area contributed by atoms with Gasteiger partial charge in [-0.05, 0) is 38.2 Å². The number of nitrogens with zero attached hydrogens (tertiary/aromatic N) is 5. The van der Waals surface area contributed by atoms with Crippen LogP contribution in [0.4, 0.5) is 5.69 Å². The smallest absolute Gasteiger partial charge is 0.226 e. The molecule has 1 amide bonds. The molecule has 0 unspecified atom stereocenters. The number of amides is 1. The van der Waals surface area contributed by atoms with Gasteiger partial charge in [-0.3, -0.25) is 19.1 Å². The highest BCUT2D eigenvalue weighted by Gasteiger charge is 2.12. The topological polar surface area (TPSA) is 93.4 Å². The molecule has 3 aromatic heterocycles. The standard InChI is InChI=1S/C20H21N7OS/c1-12-5-4-6-14(9-12)18-23-24-20(29)27(18)8-7-17(28)22-15-10-16-13(2)25-26(3)19(16)21-11-15/h4-6,9-11H,7-8H2,1-3H3,(H,22,28)(H,24,29). The number of hydrogen-bond donors (Lipinski definition) is 2. The zero-order valence-electron chi connectivity index (χ0n) is 16.4. The highest BCUT2D eigenvalue weighted by atomic mass is 32.1. The van der Waals surface area contributed by atoms with E-state index in [1.54, 1.807) is 10.9 Å². The molecule has 0 saturated heterocycles. The van der Waals surface area contributed by atoms with Crippen molar-refractivity contribution in [3.05, 3.63) is 52.6 Å². The van der Waals surface area contributed by atoms with E-state index >= 15 is 0 Å². The van der Waals surface area contributed by atoms with Crippen molar-refractivity contribution >= 4 is 34.8 Å². The fourth-order valence-electron chi connectivity index (χ4n) is 3.34. The van der Waals surface area contributed by atoms with Crippen LogP contribution in [0.1, 0.15) is 17.7 Å². The minimum Gasteiger partial charge on any atom is -0.325 e. The van der Waals surface area contributed by atoms with Gasteiger partial charge < -0.3 is 5.32 Å². The molecule has 2 N–H and O–H groups in total. The number of fused-ring (bicyclic) bond motifs is 1. The van der Waals surface area contributed by atoms with Crippen molar-refractivity contribution < 1.29 is 4.79 Å². The van der Waals surface area contributed by atoms with E-state index in [1.165, 1.54) is 0 Å². The maximum absolute atomic E-state index is 12.5. The average Bonchev–Trinajstić information content (AvgIpc) is 3.19. The number of rotatable bonds is 5. The van der Waals surface area contributed by atoms with E-state index in [-0.39, 0.29) is 12.3 Å². The molecule has 148 valence electrons. The number of hydrogen-bond acceptors (Lipinski definition) is 5. The van der Waals surface area contributed by atoms with Gasteiger partial charge in [0.2, 0.25) is 5.91 Å². The lowest BCUT2D eigenvalue weighted by atomic mass is 10.1. The largest absolute Gasteiger partial charge is 0.325 e. The fourth-order valence-corrected chi connectivity index (χ4v) is 3.57. The molecule has 0 aliphatic rings. The molecule has 8 nitrogen and oxygen atoms in total.